The maximum Gasteiger partial charge on any atom is 0.128 e. The third-order valence-corrected chi connectivity index (χ3v) is 5.17. The van der Waals surface area contributed by atoms with Crippen LogP contribution in [-0.4, -0.2) is 6.54 Å². The number of aryl methyl sites for hydroxylation is 1. The van der Waals surface area contributed by atoms with Crippen LogP contribution in [-0.2, 0) is 0 Å². The van der Waals surface area contributed by atoms with Gasteiger partial charge in [0.1, 0.15) is 5.82 Å². The van der Waals surface area contributed by atoms with Crippen molar-refractivity contribution in [2.24, 2.45) is 0 Å². The second-order valence-corrected chi connectivity index (χ2v) is 8.17. The van der Waals surface area contributed by atoms with Crippen LogP contribution in [0, 0.1) is 12.7 Å². The molecule has 0 aliphatic rings. The number of benzene rings is 1. The largest absolute Gasteiger partial charge is 0.306 e. The fourth-order valence-corrected chi connectivity index (χ4v) is 4.28. The molecule has 1 aromatic heterocycles. The van der Waals surface area contributed by atoms with Gasteiger partial charge in [-0.1, -0.05) is 22.9 Å². The SMILES string of the molecule is CCCNC(c1cc(Br)ccc1F)c1cc(Br)sc1C. The van der Waals surface area contributed by atoms with E-state index in [1.807, 2.05) is 6.07 Å². The van der Waals surface area contributed by atoms with Gasteiger partial charge < -0.3 is 5.32 Å². The van der Waals surface area contributed by atoms with Gasteiger partial charge in [-0.3, -0.25) is 0 Å². The second-order valence-electron chi connectivity index (χ2n) is 4.62. The van der Waals surface area contributed by atoms with Crippen LogP contribution < -0.4 is 5.32 Å². The van der Waals surface area contributed by atoms with Crippen LogP contribution in [0.25, 0.3) is 0 Å². The molecule has 0 saturated carbocycles. The number of nitrogens with one attached hydrogen (secondary N) is 1. The van der Waals surface area contributed by atoms with Gasteiger partial charge in [0.15, 0.2) is 0 Å². The van der Waals surface area contributed by atoms with Crippen LogP contribution in [0.1, 0.15) is 35.4 Å². The van der Waals surface area contributed by atoms with E-state index in [4.69, 9.17) is 0 Å². The lowest BCUT2D eigenvalue weighted by molar-refractivity contribution is 0.546. The Bertz CT molecular complexity index is 598. The molecule has 2 aromatic rings. The molecule has 1 aromatic carbocycles. The number of rotatable bonds is 5. The standard InChI is InChI=1S/C15H16Br2FNS/c1-3-6-19-15(11-8-14(17)20-9(11)2)12-7-10(16)4-5-13(12)18/h4-5,7-8,15,19H,3,6H2,1-2H3. The monoisotopic (exact) mass is 419 g/mol. The van der Waals surface area contributed by atoms with E-state index in [-0.39, 0.29) is 11.9 Å². The fourth-order valence-electron chi connectivity index (χ4n) is 2.16. The zero-order valence-corrected chi connectivity index (χ0v) is 15.3. The number of thiophene rings is 1. The first-order chi connectivity index (χ1) is 9.52. The first-order valence-electron chi connectivity index (χ1n) is 6.47. The van der Waals surface area contributed by atoms with Gasteiger partial charge in [-0.05, 0) is 65.6 Å². The first kappa shape index (κ1) is 16.1. The molecule has 0 bridgehead atoms. The summed E-state index contributed by atoms with van der Waals surface area (Å²) in [6, 6.07) is 7.06. The van der Waals surface area contributed by atoms with Crippen LogP contribution in [0.3, 0.4) is 0 Å². The second kappa shape index (κ2) is 7.16. The van der Waals surface area contributed by atoms with E-state index < -0.39 is 0 Å². The average Bonchev–Trinajstić information content (AvgIpc) is 2.73. The lowest BCUT2D eigenvalue weighted by Crippen LogP contribution is -2.24. The van der Waals surface area contributed by atoms with Gasteiger partial charge in [0.25, 0.3) is 0 Å². The lowest BCUT2D eigenvalue weighted by Gasteiger charge is -2.20. The van der Waals surface area contributed by atoms with E-state index >= 15 is 0 Å². The van der Waals surface area contributed by atoms with E-state index in [1.54, 1.807) is 17.4 Å². The van der Waals surface area contributed by atoms with Crippen molar-refractivity contribution in [2.45, 2.75) is 26.3 Å². The van der Waals surface area contributed by atoms with Crippen molar-refractivity contribution in [3.63, 3.8) is 0 Å². The summed E-state index contributed by atoms with van der Waals surface area (Å²) >= 11 is 8.62. The molecular formula is C15H16Br2FNS. The molecule has 0 saturated heterocycles. The maximum atomic E-state index is 14.2. The summed E-state index contributed by atoms with van der Waals surface area (Å²) in [5.74, 6) is -0.177. The van der Waals surface area contributed by atoms with Crippen molar-refractivity contribution < 1.29 is 4.39 Å². The van der Waals surface area contributed by atoms with E-state index in [0.717, 1.165) is 26.8 Å². The maximum absolute atomic E-state index is 14.2. The summed E-state index contributed by atoms with van der Waals surface area (Å²) < 4.78 is 16.2. The third kappa shape index (κ3) is 3.70. The third-order valence-electron chi connectivity index (χ3n) is 3.10. The lowest BCUT2D eigenvalue weighted by atomic mass is 9.99. The summed E-state index contributed by atoms with van der Waals surface area (Å²) in [5, 5.41) is 3.45. The molecule has 0 fully saturated rings. The van der Waals surface area contributed by atoms with Crippen molar-refractivity contribution in [3.8, 4) is 0 Å². The molecule has 0 spiro atoms. The highest BCUT2D eigenvalue weighted by atomic mass is 79.9. The Balaban J connectivity index is 2.46. The van der Waals surface area contributed by atoms with Gasteiger partial charge in [0.05, 0.1) is 9.83 Å². The molecular weight excluding hydrogens is 405 g/mol. The summed E-state index contributed by atoms with van der Waals surface area (Å²) in [6.45, 7) is 5.03. The van der Waals surface area contributed by atoms with Crippen LogP contribution in [0.2, 0.25) is 0 Å². The normalized spacial score (nSPS) is 12.7. The van der Waals surface area contributed by atoms with Gasteiger partial charge in [-0.15, -0.1) is 11.3 Å². The zero-order chi connectivity index (χ0) is 14.7. The Morgan fingerprint density at radius 3 is 2.60 bits per heavy atom. The summed E-state index contributed by atoms with van der Waals surface area (Å²) in [4.78, 5) is 1.20. The number of hydrogen-bond acceptors (Lipinski definition) is 2. The van der Waals surface area contributed by atoms with E-state index in [0.29, 0.717) is 5.56 Å². The van der Waals surface area contributed by atoms with Gasteiger partial charge in [-0.2, -0.15) is 0 Å². The number of halogens is 3. The molecule has 0 aliphatic heterocycles. The van der Waals surface area contributed by atoms with Crippen molar-refractivity contribution >= 4 is 43.2 Å². The van der Waals surface area contributed by atoms with Gasteiger partial charge >= 0.3 is 0 Å². The van der Waals surface area contributed by atoms with Crippen molar-refractivity contribution in [2.75, 3.05) is 6.54 Å². The topological polar surface area (TPSA) is 12.0 Å². The predicted molar refractivity (Wildman–Crippen MR) is 91.0 cm³/mol. The Kier molecular flexibility index (Phi) is 5.78. The van der Waals surface area contributed by atoms with E-state index in [2.05, 4.69) is 57.1 Å². The molecule has 20 heavy (non-hydrogen) atoms. The first-order valence-corrected chi connectivity index (χ1v) is 8.87. The molecule has 1 heterocycles. The quantitative estimate of drug-likeness (QED) is 0.643. The summed E-state index contributed by atoms with van der Waals surface area (Å²) in [5.41, 5.74) is 1.81. The van der Waals surface area contributed by atoms with Crippen molar-refractivity contribution in [3.05, 3.63) is 54.3 Å². The number of hydrogen-bond donors (Lipinski definition) is 1. The molecule has 5 heteroatoms. The van der Waals surface area contributed by atoms with Gasteiger partial charge in [0, 0.05) is 14.9 Å². The van der Waals surface area contributed by atoms with Crippen LogP contribution in [0.5, 0.6) is 0 Å². The molecule has 0 amide bonds. The Labute approximate surface area is 139 Å². The predicted octanol–water partition coefficient (Wildman–Crippen LogP) is 5.81. The van der Waals surface area contributed by atoms with Crippen LogP contribution >= 0.6 is 43.2 Å². The zero-order valence-electron chi connectivity index (χ0n) is 11.3. The Morgan fingerprint density at radius 1 is 1.25 bits per heavy atom. The fraction of sp³-hybridized carbons (Fsp3) is 0.333. The minimum Gasteiger partial charge on any atom is -0.306 e. The Morgan fingerprint density at radius 2 is 2.00 bits per heavy atom. The smallest absolute Gasteiger partial charge is 0.128 e. The highest BCUT2D eigenvalue weighted by Crippen LogP contribution is 2.35. The van der Waals surface area contributed by atoms with E-state index in [9.17, 15) is 4.39 Å². The van der Waals surface area contributed by atoms with Gasteiger partial charge in [-0.25, -0.2) is 4.39 Å². The molecule has 0 aliphatic carbocycles. The van der Waals surface area contributed by atoms with Crippen molar-refractivity contribution in [1.82, 2.24) is 5.32 Å². The Hall–Kier alpha value is -0.230. The summed E-state index contributed by atoms with van der Waals surface area (Å²) in [7, 11) is 0. The van der Waals surface area contributed by atoms with Gasteiger partial charge in [0.2, 0.25) is 0 Å². The highest BCUT2D eigenvalue weighted by Gasteiger charge is 2.21. The molecule has 2 rings (SSSR count). The molecule has 1 unspecified atom stereocenters. The summed E-state index contributed by atoms with van der Waals surface area (Å²) in [6.07, 6.45) is 1.01. The molecule has 1 nitrogen and oxygen atoms in total. The minimum atomic E-state index is -0.177. The van der Waals surface area contributed by atoms with Crippen LogP contribution in [0.15, 0.2) is 32.5 Å². The highest BCUT2D eigenvalue weighted by molar-refractivity contribution is 9.11. The molecule has 108 valence electrons. The van der Waals surface area contributed by atoms with E-state index in [1.165, 1.54) is 10.9 Å². The van der Waals surface area contributed by atoms with Crippen molar-refractivity contribution in [1.29, 1.82) is 0 Å². The molecule has 0 radical (unpaired) electrons. The molecule has 1 N–H and O–H groups in total. The van der Waals surface area contributed by atoms with Crippen LogP contribution in [0.4, 0.5) is 4.39 Å². The minimum absolute atomic E-state index is 0.116. The average molecular weight is 421 g/mol. The molecule has 1 atom stereocenters.